The Morgan fingerprint density at radius 2 is 2.12 bits per heavy atom. The molecule has 1 aromatic carbocycles. The number of nitrogens with two attached hydrogens (primary N) is 1. The van der Waals surface area contributed by atoms with Crippen molar-refractivity contribution in [3.05, 3.63) is 46.0 Å². The first-order valence-corrected chi connectivity index (χ1v) is 5.06. The highest BCUT2D eigenvalue weighted by Crippen LogP contribution is 2.30. The van der Waals surface area contributed by atoms with Crippen molar-refractivity contribution in [3.8, 4) is 5.69 Å². The number of imidazole rings is 1. The van der Waals surface area contributed by atoms with Crippen LogP contribution in [0, 0.1) is 24.0 Å². The third kappa shape index (κ3) is 1.73. The van der Waals surface area contributed by atoms with Crippen LogP contribution in [0.15, 0.2) is 24.5 Å². The Morgan fingerprint density at radius 1 is 1.41 bits per heavy atom. The van der Waals surface area contributed by atoms with Gasteiger partial charge in [0.25, 0.3) is 0 Å². The second kappa shape index (κ2) is 3.89. The van der Waals surface area contributed by atoms with Gasteiger partial charge in [0.15, 0.2) is 0 Å². The maximum Gasteiger partial charge on any atom is 0.315 e. The minimum absolute atomic E-state index is 0.0898. The maximum atomic E-state index is 11.0. The fourth-order valence-electron chi connectivity index (χ4n) is 1.68. The van der Waals surface area contributed by atoms with Crippen LogP contribution >= 0.6 is 0 Å². The summed E-state index contributed by atoms with van der Waals surface area (Å²) in [4.78, 5) is 14.7. The Hall–Kier alpha value is -2.37. The lowest BCUT2D eigenvalue weighted by molar-refractivity contribution is -0.383. The van der Waals surface area contributed by atoms with E-state index >= 15 is 0 Å². The molecule has 0 atom stereocenters. The molecule has 0 amide bonds. The van der Waals surface area contributed by atoms with E-state index in [9.17, 15) is 10.1 Å². The number of rotatable bonds is 2. The van der Waals surface area contributed by atoms with Crippen LogP contribution in [0.1, 0.15) is 11.4 Å². The van der Waals surface area contributed by atoms with Crippen LogP contribution in [-0.2, 0) is 0 Å². The predicted octanol–water partition coefficient (Wildman–Crippen LogP) is 1.98. The molecule has 17 heavy (non-hydrogen) atoms. The lowest BCUT2D eigenvalue weighted by atomic mass is 10.2. The van der Waals surface area contributed by atoms with Crippen LogP contribution in [0.25, 0.3) is 5.69 Å². The van der Waals surface area contributed by atoms with Crippen LogP contribution in [0.2, 0.25) is 0 Å². The van der Waals surface area contributed by atoms with Crippen molar-refractivity contribution in [1.82, 2.24) is 9.55 Å². The first-order chi connectivity index (χ1) is 8.02. The fraction of sp³-hybridized carbons (Fsp3) is 0.182. The summed E-state index contributed by atoms with van der Waals surface area (Å²) < 4.78 is 1.67. The summed E-state index contributed by atoms with van der Waals surface area (Å²) >= 11 is 0. The lowest BCUT2D eigenvalue weighted by Crippen LogP contribution is -2.04. The monoisotopic (exact) mass is 232 g/mol. The molecule has 0 saturated carbocycles. The van der Waals surface area contributed by atoms with Crippen LogP contribution in [0.4, 0.5) is 11.4 Å². The zero-order valence-corrected chi connectivity index (χ0v) is 9.54. The molecule has 0 fully saturated rings. The maximum absolute atomic E-state index is 11.0. The molecule has 1 aromatic heterocycles. The number of aromatic nitrogens is 2. The van der Waals surface area contributed by atoms with E-state index in [0.717, 1.165) is 11.4 Å². The van der Waals surface area contributed by atoms with Gasteiger partial charge >= 0.3 is 5.69 Å². The van der Waals surface area contributed by atoms with Crippen LogP contribution in [-0.4, -0.2) is 14.5 Å². The van der Waals surface area contributed by atoms with Crippen molar-refractivity contribution in [2.45, 2.75) is 13.8 Å². The van der Waals surface area contributed by atoms with Crippen molar-refractivity contribution >= 4 is 11.4 Å². The van der Waals surface area contributed by atoms with Gasteiger partial charge in [-0.2, -0.15) is 0 Å². The summed E-state index contributed by atoms with van der Waals surface area (Å²) in [7, 11) is 0. The minimum atomic E-state index is -0.473. The van der Waals surface area contributed by atoms with Crippen LogP contribution < -0.4 is 5.73 Å². The molecule has 6 nitrogen and oxygen atoms in total. The molecule has 2 rings (SSSR count). The molecule has 6 heteroatoms. The molecular formula is C11H12N4O2. The summed E-state index contributed by atoms with van der Waals surface area (Å²) in [6, 6.07) is 4.86. The number of anilines is 1. The van der Waals surface area contributed by atoms with E-state index in [2.05, 4.69) is 4.98 Å². The third-order valence-electron chi connectivity index (χ3n) is 2.74. The van der Waals surface area contributed by atoms with Gasteiger partial charge < -0.3 is 5.73 Å². The zero-order valence-electron chi connectivity index (χ0n) is 9.54. The second-order valence-corrected chi connectivity index (χ2v) is 3.76. The van der Waals surface area contributed by atoms with E-state index in [0.29, 0.717) is 5.69 Å². The summed E-state index contributed by atoms with van der Waals surface area (Å²) in [5.74, 6) is 0. The van der Waals surface area contributed by atoms with Crippen molar-refractivity contribution in [1.29, 1.82) is 0 Å². The Balaban J connectivity index is 2.72. The Labute approximate surface area is 97.9 Å². The largest absolute Gasteiger partial charge is 0.393 e. The third-order valence-corrected chi connectivity index (χ3v) is 2.74. The molecule has 0 spiro atoms. The fourth-order valence-corrected chi connectivity index (χ4v) is 1.68. The Morgan fingerprint density at radius 3 is 2.65 bits per heavy atom. The quantitative estimate of drug-likeness (QED) is 0.487. The molecule has 0 unspecified atom stereocenters. The van der Waals surface area contributed by atoms with Gasteiger partial charge in [-0.05, 0) is 26.0 Å². The average molecular weight is 232 g/mol. The zero-order chi connectivity index (χ0) is 12.6. The summed E-state index contributed by atoms with van der Waals surface area (Å²) in [6.45, 7) is 3.71. The summed E-state index contributed by atoms with van der Waals surface area (Å²) in [5, 5.41) is 11.0. The van der Waals surface area contributed by atoms with Crippen LogP contribution in [0.5, 0.6) is 0 Å². The van der Waals surface area contributed by atoms with Crippen molar-refractivity contribution in [2.24, 2.45) is 0 Å². The number of benzene rings is 1. The molecule has 2 aromatic rings. The number of nitro benzene ring substituents is 1. The van der Waals surface area contributed by atoms with Gasteiger partial charge in [-0.15, -0.1) is 0 Å². The molecule has 0 radical (unpaired) electrons. The number of para-hydroxylation sites is 1. The molecule has 88 valence electrons. The SMILES string of the molecule is Cc1ncn(-c2cccc(N)c2[N+](=O)[O-])c1C. The van der Waals surface area contributed by atoms with E-state index < -0.39 is 4.92 Å². The van der Waals surface area contributed by atoms with Gasteiger partial charge in [-0.25, -0.2) is 4.98 Å². The number of nitrogens with zero attached hydrogens (tertiary/aromatic N) is 3. The molecule has 2 N–H and O–H groups in total. The number of nitrogen functional groups attached to an aromatic ring is 1. The standard InChI is InChI=1S/C11H12N4O2/c1-7-8(2)14(6-13-7)10-5-3-4-9(12)11(10)15(16)17/h3-6H,12H2,1-2H3. The second-order valence-electron chi connectivity index (χ2n) is 3.76. The van der Waals surface area contributed by atoms with E-state index in [4.69, 9.17) is 5.73 Å². The van der Waals surface area contributed by atoms with E-state index in [1.54, 1.807) is 23.0 Å². The van der Waals surface area contributed by atoms with E-state index in [1.807, 2.05) is 13.8 Å². The first-order valence-electron chi connectivity index (χ1n) is 5.06. The number of aryl methyl sites for hydroxylation is 1. The Bertz CT molecular complexity index is 589. The molecule has 0 aliphatic rings. The van der Waals surface area contributed by atoms with Crippen molar-refractivity contribution in [2.75, 3.05) is 5.73 Å². The van der Waals surface area contributed by atoms with Gasteiger partial charge in [0, 0.05) is 5.69 Å². The van der Waals surface area contributed by atoms with Gasteiger partial charge in [0.05, 0.1) is 16.9 Å². The highest BCUT2D eigenvalue weighted by molar-refractivity contribution is 5.69. The smallest absolute Gasteiger partial charge is 0.315 e. The van der Waals surface area contributed by atoms with Gasteiger partial charge in [-0.1, -0.05) is 6.07 Å². The lowest BCUT2D eigenvalue weighted by Gasteiger charge is -2.07. The molecule has 1 heterocycles. The average Bonchev–Trinajstić information content (AvgIpc) is 2.59. The number of nitro groups is 1. The van der Waals surface area contributed by atoms with Gasteiger partial charge in [-0.3, -0.25) is 14.7 Å². The molecule has 0 aliphatic carbocycles. The van der Waals surface area contributed by atoms with Crippen LogP contribution in [0.3, 0.4) is 0 Å². The summed E-state index contributed by atoms with van der Waals surface area (Å²) in [5.41, 5.74) is 7.84. The van der Waals surface area contributed by atoms with Gasteiger partial charge in [0.2, 0.25) is 0 Å². The highest BCUT2D eigenvalue weighted by Gasteiger charge is 2.20. The first kappa shape index (κ1) is 11.1. The van der Waals surface area contributed by atoms with E-state index in [-0.39, 0.29) is 11.4 Å². The normalized spacial score (nSPS) is 10.5. The minimum Gasteiger partial charge on any atom is -0.393 e. The topological polar surface area (TPSA) is 87.0 Å². The molecule has 0 aliphatic heterocycles. The molecule has 0 saturated heterocycles. The number of hydrogen-bond acceptors (Lipinski definition) is 4. The van der Waals surface area contributed by atoms with Gasteiger partial charge in [0.1, 0.15) is 11.4 Å². The van der Waals surface area contributed by atoms with Crippen molar-refractivity contribution < 1.29 is 4.92 Å². The summed E-state index contributed by atoms with van der Waals surface area (Å²) in [6.07, 6.45) is 1.56. The van der Waals surface area contributed by atoms with E-state index in [1.165, 1.54) is 6.07 Å². The molecule has 0 bridgehead atoms. The molecular weight excluding hydrogens is 220 g/mol. The predicted molar refractivity (Wildman–Crippen MR) is 64.1 cm³/mol. The van der Waals surface area contributed by atoms with Crippen molar-refractivity contribution in [3.63, 3.8) is 0 Å². The Kier molecular flexibility index (Phi) is 2.55. The highest BCUT2D eigenvalue weighted by atomic mass is 16.6. The number of hydrogen-bond donors (Lipinski definition) is 1.